The van der Waals surface area contributed by atoms with Crippen molar-refractivity contribution in [3.63, 3.8) is 0 Å². The number of imidazole rings is 1. The molecule has 2 aromatic heterocycles. The molecule has 0 N–H and O–H groups in total. The van der Waals surface area contributed by atoms with Crippen LogP contribution in [0.15, 0.2) is 60.7 Å². The molecule has 0 amide bonds. The Labute approximate surface area is 199 Å². The van der Waals surface area contributed by atoms with Crippen molar-refractivity contribution in [1.29, 1.82) is 0 Å². The summed E-state index contributed by atoms with van der Waals surface area (Å²) in [5, 5.41) is 0. The number of halogens is 8. The van der Waals surface area contributed by atoms with Crippen LogP contribution in [-0.4, -0.2) is 26.4 Å². The molecule has 0 saturated carbocycles. The Morgan fingerprint density at radius 2 is 1.35 bits per heavy atom. The molecule has 4 aromatic rings. The number of hydrogen-bond acceptors (Lipinski definition) is 2. The van der Waals surface area contributed by atoms with Gasteiger partial charge in [0.05, 0.1) is 16.9 Å². The van der Waals surface area contributed by atoms with E-state index in [9.17, 15) is 35.1 Å². The van der Waals surface area contributed by atoms with E-state index in [1.165, 1.54) is 28.8 Å². The summed E-state index contributed by atoms with van der Waals surface area (Å²) in [5.74, 6) is -24.0. The Balaban J connectivity index is 0.00000274. The van der Waals surface area contributed by atoms with Gasteiger partial charge in [-0.05, 0) is 18.2 Å². The fraction of sp³-hybridized carbons (Fsp3) is 0.182. The largest absolute Gasteiger partial charge is 0.384 e. The first kappa shape index (κ1) is 24.3. The van der Waals surface area contributed by atoms with Crippen LogP contribution in [0.1, 0.15) is 11.3 Å². The van der Waals surface area contributed by atoms with Crippen LogP contribution in [0.5, 0.6) is 0 Å². The molecule has 0 saturated heterocycles. The summed E-state index contributed by atoms with van der Waals surface area (Å²) >= 11 is 0. The third kappa shape index (κ3) is 2.97. The molecule has 1 radical (unpaired) electrons. The Morgan fingerprint density at radius 1 is 0.735 bits per heavy atom. The minimum absolute atomic E-state index is 0. The normalized spacial score (nSPS) is 19.3. The smallest absolute Gasteiger partial charge is 0.332 e. The maximum atomic E-state index is 14.6. The predicted octanol–water partition coefficient (Wildman–Crippen LogP) is 6.35. The molecule has 0 fully saturated rings. The zero-order valence-electron chi connectivity index (χ0n) is 16.5. The number of benzene rings is 2. The Morgan fingerprint density at radius 3 is 1.97 bits per heavy atom. The van der Waals surface area contributed by atoms with E-state index >= 15 is 0 Å². The fourth-order valence-corrected chi connectivity index (χ4v) is 3.75. The van der Waals surface area contributed by atoms with Crippen LogP contribution >= 0.6 is 0 Å². The van der Waals surface area contributed by atoms with Crippen LogP contribution in [0, 0.1) is 6.07 Å². The minimum Gasteiger partial charge on any atom is -0.332 e. The summed E-state index contributed by atoms with van der Waals surface area (Å²) in [7, 11) is 0. The number of rotatable bonds is 2. The van der Waals surface area contributed by atoms with Crippen molar-refractivity contribution in [2.24, 2.45) is 0 Å². The first-order valence-corrected chi connectivity index (χ1v) is 9.39. The molecule has 1 aliphatic carbocycles. The zero-order chi connectivity index (χ0) is 23.8. The molecule has 0 atom stereocenters. The molecule has 0 unspecified atom stereocenters. The van der Waals surface area contributed by atoms with E-state index < -0.39 is 40.6 Å². The van der Waals surface area contributed by atoms with E-state index in [0.29, 0.717) is 17.3 Å². The Bertz CT molecular complexity index is 1370. The van der Waals surface area contributed by atoms with E-state index in [0.717, 1.165) is 0 Å². The van der Waals surface area contributed by atoms with Crippen molar-refractivity contribution in [3.05, 3.63) is 78.0 Å². The SMILES string of the molecule is FC1(F)c2cc3c(nc2C(F)(F)C(F)(F)C1(F)F)nc(-c1[c-]cccc1)n3-c1ccccc1.[Ir]. The van der Waals surface area contributed by atoms with Crippen LogP contribution < -0.4 is 0 Å². The monoisotopic (exact) mass is 661 g/mol. The van der Waals surface area contributed by atoms with Gasteiger partial charge in [-0.2, -0.15) is 35.1 Å². The van der Waals surface area contributed by atoms with Gasteiger partial charge in [0.2, 0.25) is 0 Å². The van der Waals surface area contributed by atoms with E-state index in [4.69, 9.17) is 0 Å². The van der Waals surface area contributed by atoms with Gasteiger partial charge in [-0.25, -0.2) is 4.98 Å². The van der Waals surface area contributed by atoms with Gasteiger partial charge in [0.1, 0.15) is 5.69 Å². The maximum Gasteiger partial charge on any atom is 0.384 e. The van der Waals surface area contributed by atoms with Gasteiger partial charge in [0.25, 0.3) is 0 Å². The zero-order valence-corrected chi connectivity index (χ0v) is 18.9. The van der Waals surface area contributed by atoms with Gasteiger partial charge in [0.15, 0.2) is 5.65 Å². The number of nitrogens with zero attached hydrogens (tertiary/aromatic N) is 3. The van der Waals surface area contributed by atoms with E-state index in [2.05, 4.69) is 16.0 Å². The predicted molar refractivity (Wildman–Crippen MR) is 101 cm³/mol. The second-order valence-corrected chi connectivity index (χ2v) is 7.41. The van der Waals surface area contributed by atoms with Crippen molar-refractivity contribution in [2.75, 3.05) is 0 Å². The molecular weight excluding hydrogens is 650 g/mol. The number of para-hydroxylation sites is 1. The average Bonchev–Trinajstić information content (AvgIpc) is 3.17. The summed E-state index contributed by atoms with van der Waals surface area (Å²) in [5.41, 5.74) is -4.46. The number of hydrogen-bond donors (Lipinski definition) is 0. The molecule has 3 nitrogen and oxygen atoms in total. The van der Waals surface area contributed by atoms with Crippen molar-refractivity contribution in [2.45, 2.75) is 23.7 Å². The van der Waals surface area contributed by atoms with E-state index in [1.807, 2.05) is 0 Å². The third-order valence-corrected chi connectivity index (χ3v) is 5.43. The van der Waals surface area contributed by atoms with Gasteiger partial charge < -0.3 is 4.57 Å². The molecule has 12 heteroatoms. The molecule has 0 aliphatic heterocycles. The van der Waals surface area contributed by atoms with Gasteiger partial charge in [-0.3, -0.25) is 4.98 Å². The van der Waals surface area contributed by atoms with Gasteiger partial charge in [-0.15, -0.1) is 35.9 Å². The summed E-state index contributed by atoms with van der Waals surface area (Å²) in [6.07, 6.45) is 0. The third-order valence-electron chi connectivity index (χ3n) is 5.43. The van der Waals surface area contributed by atoms with Crippen molar-refractivity contribution < 1.29 is 55.2 Å². The van der Waals surface area contributed by atoms with Gasteiger partial charge in [0, 0.05) is 25.8 Å². The molecule has 2 aromatic carbocycles. The molecule has 0 spiro atoms. The average molecular weight is 661 g/mol. The van der Waals surface area contributed by atoms with Crippen LogP contribution in [0.25, 0.3) is 28.2 Å². The topological polar surface area (TPSA) is 30.7 Å². The number of fused-ring (bicyclic) bond motifs is 2. The summed E-state index contributed by atoms with van der Waals surface area (Å²) < 4.78 is 115. The van der Waals surface area contributed by atoms with Gasteiger partial charge in [-0.1, -0.05) is 18.2 Å². The number of alkyl halides is 8. The first-order chi connectivity index (χ1) is 15.4. The van der Waals surface area contributed by atoms with Gasteiger partial charge >= 0.3 is 23.7 Å². The van der Waals surface area contributed by atoms with E-state index in [1.54, 1.807) is 30.3 Å². The molecule has 179 valence electrons. The molecule has 1 aliphatic rings. The summed E-state index contributed by atoms with van der Waals surface area (Å²) in [6.45, 7) is 0. The Kier molecular flexibility index (Phi) is 5.41. The van der Waals surface area contributed by atoms with Crippen LogP contribution in [0.2, 0.25) is 0 Å². The van der Waals surface area contributed by atoms with Crippen molar-refractivity contribution in [3.8, 4) is 17.1 Å². The van der Waals surface area contributed by atoms with Crippen LogP contribution in [0.4, 0.5) is 35.1 Å². The molecule has 0 bridgehead atoms. The number of pyridine rings is 1. The standard InChI is InChI=1S/C22H10F8N3.Ir/c23-19(24)14-11-15-17(31-16(14)20(25,26)22(29,30)21(19,27)28)32-18(12-7-3-1-4-8-12)33(15)13-9-5-2-6-10-13;/h1-7,9-11H;/q-1;. The molecule has 5 rings (SSSR count). The van der Waals surface area contributed by atoms with Crippen molar-refractivity contribution >= 4 is 11.2 Å². The molecule has 2 heterocycles. The van der Waals surface area contributed by atoms with Crippen molar-refractivity contribution in [1.82, 2.24) is 14.5 Å². The number of aromatic nitrogens is 3. The van der Waals surface area contributed by atoms with Crippen LogP contribution in [0.3, 0.4) is 0 Å². The fourth-order valence-electron chi connectivity index (χ4n) is 3.75. The molecular formula is C22H10F8IrN3-. The molecule has 34 heavy (non-hydrogen) atoms. The van der Waals surface area contributed by atoms with Crippen LogP contribution in [-0.2, 0) is 32.0 Å². The first-order valence-electron chi connectivity index (χ1n) is 9.39. The summed E-state index contributed by atoms with van der Waals surface area (Å²) in [6, 6.07) is 17.3. The maximum absolute atomic E-state index is 14.6. The quantitative estimate of drug-likeness (QED) is 0.185. The van der Waals surface area contributed by atoms with E-state index in [-0.39, 0.29) is 31.4 Å². The Hall–Kier alpha value is -2.85. The minimum atomic E-state index is -6.38. The summed E-state index contributed by atoms with van der Waals surface area (Å²) in [4.78, 5) is 7.34. The second-order valence-electron chi connectivity index (χ2n) is 7.41. The second kappa shape index (κ2) is 7.58.